The molecule has 0 saturated heterocycles. The van der Waals surface area contributed by atoms with Crippen LogP contribution in [-0.2, 0) is 11.2 Å². The number of nitrogens with zero attached hydrogens (tertiary/aromatic N) is 2. The van der Waals surface area contributed by atoms with Gasteiger partial charge in [0.2, 0.25) is 0 Å². The molecular formula is C16H24N2O2. The molecule has 2 atom stereocenters. The number of likely N-dealkylation sites (N-methyl/N-ethyl adjacent to an activating group) is 1. The zero-order chi connectivity index (χ0) is 14.9. The van der Waals surface area contributed by atoms with Gasteiger partial charge in [0.25, 0.3) is 0 Å². The summed E-state index contributed by atoms with van der Waals surface area (Å²) in [7, 11) is 0. The maximum absolute atomic E-state index is 12.4. The maximum Gasteiger partial charge on any atom is 0.410 e. The minimum Gasteiger partial charge on any atom is -0.444 e. The Kier molecular flexibility index (Phi) is 4.02. The fourth-order valence-electron chi connectivity index (χ4n) is 2.82. The maximum atomic E-state index is 12.4. The van der Waals surface area contributed by atoms with Gasteiger partial charge in [-0.25, -0.2) is 4.79 Å². The number of amides is 1. The van der Waals surface area contributed by atoms with Crippen LogP contribution < -0.4 is 0 Å². The second-order valence-corrected chi connectivity index (χ2v) is 6.37. The molecule has 110 valence electrons. The third-order valence-corrected chi connectivity index (χ3v) is 3.73. The highest BCUT2D eigenvalue weighted by molar-refractivity contribution is 5.69. The third kappa shape index (κ3) is 2.94. The molecule has 0 saturated carbocycles. The second kappa shape index (κ2) is 5.43. The molecule has 4 nitrogen and oxygen atoms in total. The highest BCUT2D eigenvalue weighted by Crippen LogP contribution is 2.34. The monoisotopic (exact) mass is 276 g/mol. The van der Waals surface area contributed by atoms with Crippen LogP contribution in [-0.4, -0.2) is 34.2 Å². The molecule has 0 spiro atoms. The van der Waals surface area contributed by atoms with Gasteiger partial charge in [0.15, 0.2) is 0 Å². The molecule has 1 aliphatic rings. The van der Waals surface area contributed by atoms with Gasteiger partial charge in [-0.15, -0.1) is 0 Å². The van der Waals surface area contributed by atoms with Crippen molar-refractivity contribution in [3.8, 4) is 0 Å². The Bertz CT molecular complexity index is 493. The number of fused-ring (bicyclic) bond motifs is 1. The number of pyridine rings is 1. The lowest BCUT2D eigenvalue weighted by molar-refractivity contribution is 0.0161. The number of ether oxygens (including phenoxy) is 1. The summed E-state index contributed by atoms with van der Waals surface area (Å²) in [5.41, 5.74) is 1.89. The predicted octanol–water partition coefficient (Wildman–Crippen LogP) is 3.37. The van der Waals surface area contributed by atoms with Crippen molar-refractivity contribution in [2.75, 3.05) is 6.54 Å². The average Bonchev–Trinajstić information content (AvgIpc) is 2.66. The topological polar surface area (TPSA) is 42.4 Å². The molecule has 20 heavy (non-hydrogen) atoms. The second-order valence-electron chi connectivity index (χ2n) is 6.37. The molecule has 1 heterocycles. The van der Waals surface area contributed by atoms with Crippen LogP contribution in [0.1, 0.15) is 51.8 Å². The molecule has 1 aliphatic carbocycles. The SMILES string of the molecule is CCN(C(=O)OC(C)(C)C)[C@H]1Cc2cccnc2[C@@H]1C. The van der Waals surface area contributed by atoms with Gasteiger partial charge in [0.1, 0.15) is 5.60 Å². The van der Waals surface area contributed by atoms with E-state index < -0.39 is 5.60 Å². The van der Waals surface area contributed by atoms with Crippen molar-refractivity contribution < 1.29 is 9.53 Å². The van der Waals surface area contributed by atoms with Gasteiger partial charge in [-0.1, -0.05) is 13.0 Å². The van der Waals surface area contributed by atoms with E-state index in [1.807, 2.05) is 44.9 Å². The lowest BCUT2D eigenvalue weighted by Gasteiger charge is -2.32. The fraction of sp³-hybridized carbons (Fsp3) is 0.625. The molecule has 0 N–H and O–H groups in total. The minimum absolute atomic E-state index is 0.139. The quantitative estimate of drug-likeness (QED) is 0.831. The van der Waals surface area contributed by atoms with E-state index >= 15 is 0 Å². The first kappa shape index (κ1) is 14.8. The van der Waals surface area contributed by atoms with Crippen LogP contribution in [0.25, 0.3) is 0 Å². The Hall–Kier alpha value is -1.58. The van der Waals surface area contributed by atoms with Crippen molar-refractivity contribution in [3.05, 3.63) is 29.6 Å². The summed E-state index contributed by atoms with van der Waals surface area (Å²) in [5, 5.41) is 0. The van der Waals surface area contributed by atoms with Crippen molar-refractivity contribution in [2.45, 2.75) is 58.6 Å². The zero-order valence-corrected chi connectivity index (χ0v) is 13.0. The summed E-state index contributed by atoms with van der Waals surface area (Å²) in [5.74, 6) is 0.249. The standard InChI is InChI=1S/C16H24N2O2/c1-6-18(15(19)20-16(3,4)5)13-10-12-8-7-9-17-14(12)11(13)2/h7-9,11,13H,6,10H2,1-5H3/t11-,13+/m1/s1. The predicted molar refractivity (Wildman–Crippen MR) is 78.8 cm³/mol. The van der Waals surface area contributed by atoms with E-state index in [0.717, 1.165) is 12.1 Å². The lowest BCUT2D eigenvalue weighted by atomic mass is 10.0. The Morgan fingerprint density at radius 3 is 2.75 bits per heavy atom. The lowest BCUT2D eigenvalue weighted by Crippen LogP contribution is -2.44. The largest absolute Gasteiger partial charge is 0.444 e. The number of rotatable bonds is 2. The Labute approximate surface area is 121 Å². The molecule has 1 amide bonds. The van der Waals surface area contributed by atoms with E-state index in [1.54, 1.807) is 0 Å². The first-order valence-electron chi connectivity index (χ1n) is 7.27. The van der Waals surface area contributed by atoms with Crippen LogP contribution in [0.3, 0.4) is 0 Å². The van der Waals surface area contributed by atoms with Crippen LogP contribution in [0.2, 0.25) is 0 Å². The fourth-order valence-corrected chi connectivity index (χ4v) is 2.82. The highest BCUT2D eigenvalue weighted by Gasteiger charge is 2.37. The molecule has 0 aromatic carbocycles. The van der Waals surface area contributed by atoms with Crippen molar-refractivity contribution in [3.63, 3.8) is 0 Å². The summed E-state index contributed by atoms with van der Waals surface area (Å²) in [4.78, 5) is 18.7. The molecule has 0 radical (unpaired) electrons. The van der Waals surface area contributed by atoms with Crippen LogP contribution in [0, 0.1) is 0 Å². The van der Waals surface area contributed by atoms with Gasteiger partial charge in [0, 0.05) is 30.4 Å². The average molecular weight is 276 g/mol. The molecule has 2 rings (SSSR count). The third-order valence-electron chi connectivity index (χ3n) is 3.73. The van der Waals surface area contributed by atoms with Gasteiger partial charge >= 0.3 is 6.09 Å². The van der Waals surface area contributed by atoms with Gasteiger partial charge in [-0.3, -0.25) is 4.98 Å². The van der Waals surface area contributed by atoms with E-state index in [1.165, 1.54) is 5.56 Å². The summed E-state index contributed by atoms with van der Waals surface area (Å²) in [6.07, 6.45) is 2.45. The Morgan fingerprint density at radius 2 is 2.20 bits per heavy atom. The molecule has 1 aromatic heterocycles. The summed E-state index contributed by atoms with van der Waals surface area (Å²) in [6.45, 7) is 10.5. The first-order valence-corrected chi connectivity index (χ1v) is 7.27. The summed E-state index contributed by atoms with van der Waals surface area (Å²) >= 11 is 0. The number of hydrogen-bond donors (Lipinski definition) is 0. The van der Waals surface area contributed by atoms with Gasteiger partial charge in [-0.05, 0) is 45.7 Å². The Morgan fingerprint density at radius 1 is 1.50 bits per heavy atom. The smallest absolute Gasteiger partial charge is 0.410 e. The van der Waals surface area contributed by atoms with Gasteiger partial charge in [-0.2, -0.15) is 0 Å². The molecule has 0 aliphatic heterocycles. The molecule has 0 fully saturated rings. The van der Waals surface area contributed by atoms with Crippen LogP contribution in [0.4, 0.5) is 4.79 Å². The number of hydrogen-bond acceptors (Lipinski definition) is 3. The van der Waals surface area contributed by atoms with E-state index in [-0.39, 0.29) is 18.1 Å². The summed E-state index contributed by atoms with van der Waals surface area (Å²) in [6, 6.07) is 4.19. The Balaban J connectivity index is 2.17. The minimum atomic E-state index is -0.461. The molecular weight excluding hydrogens is 252 g/mol. The van der Waals surface area contributed by atoms with E-state index in [9.17, 15) is 4.79 Å². The van der Waals surface area contributed by atoms with Gasteiger partial charge in [0.05, 0.1) is 0 Å². The van der Waals surface area contributed by atoms with Crippen LogP contribution in [0.15, 0.2) is 18.3 Å². The molecule has 0 bridgehead atoms. The number of carbonyl (C=O) groups is 1. The number of carbonyl (C=O) groups excluding carboxylic acids is 1. The molecule has 4 heteroatoms. The first-order chi connectivity index (χ1) is 9.33. The number of aromatic nitrogens is 1. The van der Waals surface area contributed by atoms with E-state index in [4.69, 9.17) is 4.74 Å². The normalized spacial score (nSPS) is 21.4. The highest BCUT2D eigenvalue weighted by atomic mass is 16.6. The summed E-state index contributed by atoms with van der Waals surface area (Å²) < 4.78 is 5.52. The van der Waals surface area contributed by atoms with Gasteiger partial charge < -0.3 is 9.64 Å². The van der Waals surface area contributed by atoms with Crippen LogP contribution >= 0.6 is 0 Å². The van der Waals surface area contributed by atoms with Crippen molar-refractivity contribution in [2.24, 2.45) is 0 Å². The van der Waals surface area contributed by atoms with Crippen molar-refractivity contribution in [1.29, 1.82) is 0 Å². The zero-order valence-electron chi connectivity index (χ0n) is 13.0. The molecule has 0 unspecified atom stereocenters. The van der Waals surface area contributed by atoms with E-state index in [0.29, 0.717) is 6.54 Å². The van der Waals surface area contributed by atoms with Crippen molar-refractivity contribution >= 4 is 6.09 Å². The van der Waals surface area contributed by atoms with Crippen molar-refractivity contribution in [1.82, 2.24) is 9.88 Å². The van der Waals surface area contributed by atoms with E-state index in [2.05, 4.69) is 18.0 Å². The molecule has 1 aromatic rings. The van der Waals surface area contributed by atoms with Crippen LogP contribution in [0.5, 0.6) is 0 Å².